The molecule has 0 saturated carbocycles. The zero-order valence-electron chi connectivity index (χ0n) is 8.60. The van der Waals surface area contributed by atoms with Crippen molar-refractivity contribution in [3.8, 4) is 5.75 Å². The van der Waals surface area contributed by atoms with Gasteiger partial charge in [0.15, 0.2) is 0 Å². The highest BCUT2D eigenvalue weighted by Gasteiger charge is 2.07. The van der Waals surface area contributed by atoms with Crippen LogP contribution in [-0.4, -0.2) is 30.9 Å². The van der Waals surface area contributed by atoms with Crippen molar-refractivity contribution in [2.75, 3.05) is 19.6 Å². The molecule has 3 heteroatoms. The highest BCUT2D eigenvalue weighted by Crippen LogP contribution is 2.12. The summed E-state index contributed by atoms with van der Waals surface area (Å²) in [5, 5.41) is 0. The van der Waals surface area contributed by atoms with Crippen molar-refractivity contribution in [2.45, 2.75) is 0 Å². The van der Waals surface area contributed by atoms with Crippen molar-refractivity contribution in [2.24, 2.45) is 4.99 Å². The first-order chi connectivity index (χ1) is 7.34. The first kappa shape index (κ1) is 9.77. The molecular formula is C12H14N2O. The fourth-order valence-electron chi connectivity index (χ4n) is 1.45. The van der Waals surface area contributed by atoms with Gasteiger partial charge in [0.2, 0.25) is 0 Å². The Morgan fingerprint density at radius 1 is 1.40 bits per heavy atom. The van der Waals surface area contributed by atoms with Crippen LogP contribution >= 0.6 is 0 Å². The third-order valence-corrected chi connectivity index (χ3v) is 2.15. The van der Waals surface area contributed by atoms with Gasteiger partial charge in [-0.1, -0.05) is 24.8 Å². The van der Waals surface area contributed by atoms with Gasteiger partial charge in [-0.15, -0.1) is 0 Å². The number of hydrogen-bond donors (Lipinski definition) is 0. The lowest BCUT2D eigenvalue weighted by molar-refractivity contribution is 0.362. The topological polar surface area (TPSA) is 24.8 Å². The van der Waals surface area contributed by atoms with E-state index in [2.05, 4.69) is 16.5 Å². The van der Waals surface area contributed by atoms with Gasteiger partial charge in [-0.2, -0.15) is 0 Å². The van der Waals surface area contributed by atoms with Crippen molar-refractivity contribution in [1.82, 2.24) is 4.90 Å². The molecule has 1 heterocycles. The maximum Gasteiger partial charge on any atom is 0.127 e. The summed E-state index contributed by atoms with van der Waals surface area (Å²) in [6, 6.07) is 9.69. The molecule has 0 fully saturated rings. The molecule has 0 aliphatic carbocycles. The molecule has 0 saturated heterocycles. The quantitative estimate of drug-likeness (QED) is 0.697. The predicted octanol–water partition coefficient (Wildman–Crippen LogP) is 1.92. The second-order valence-corrected chi connectivity index (χ2v) is 3.45. The average Bonchev–Trinajstić information content (AvgIpc) is 2.71. The lowest BCUT2D eigenvalue weighted by atomic mass is 10.3. The molecule has 0 aromatic heterocycles. The molecule has 0 bridgehead atoms. The molecule has 1 aromatic carbocycles. The van der Waals surface area contributed by atoms with E-state index in [1.165, 1.54) is 0 Å². The smallest absolute Gasteiger partial charge is 0.127 e. The van der Waals surface area contributed by atoms with Crippen LogP contribution in [0.15, 0.2) is 47.7 Å². The molecule has 3 nitrogen and oxygen atoms in total. The highest BCUT2D eigenvalue weighted by atomic mass is 16.5. The molecule has 0 unspecified atom stereocenters. The lowest BCUT2D eigenvalue weighted by Crippen LogP contribution is -2.23. The van der Waals surface area contributed by atoms with E-state index in [0.29, 0.717) is 6.54 Å². The molecule has 0 amide bonds. The molecule has 78 valence electrons. The minimum atomic E-state index is 0.707. The Balaban J connectivity index is 1.84. The molecule has 1 aromatic rings. The monoisotopic (exact) mass is 202 g/mol. The molecule has 0 atom stereocenters. The summed E-state index contributed by atoms with van der Waals surface area (Å²) >= 11 is 0. The summed E-state index contributed by atoms with van der Waals surface area (Å²) in [6.07, 6.45) is 1.85. The van der Waals surface area contributed by atoms with Crippen molar-refractivity contribution >= 4 is 6.34 Å². The Hall–Kier alpha value is -1.77. The van der Waals surface area contributed by atoms with E-state index in [0.717, 1.165) is 24.6 Å². The molecular weight excluding hydrogens is 188 g/mol. The summed E-state index contributed by atoms with van der Waals surface area (Å²) in [4.78, 5) is 6.22. The minimum Gasteiger partial charge on any atom is -0.460 e. The molecule has 1 aliphatic heterocycles. The summed E-state index contributed by atoms with van der Waals surface area (Å²) in [7, 11) is 0. The van der Waals surface area contributed by atoms with Crippen LogP contribution in [0.2, 0.25) is 0 Å². The molecule has 2 rings (SSSR count). The number of nitrogens with zero attached hydrogens (tertiary/aromatic N) is 2. The second kappa shape index (κ2) is 4.64. The van der Waals surface area contributed by atoms with Crippen LogP contribution in [0.5, 0.6) is 5.75 Å². The third kappa shape index (κ3) is 2.84. The predicted molar refractivity (Wildman–Crippen MR) is 61.1 cm³/mol. The standard InChI is InChI=1S/C12H14N2O/c1-11(9-14-8-7-13-10-14)15-12-5-3-2-4-6-12/h2-6,10H,1,7-9H2. The molecule has 1 aliphatic rings. The highest BCUT2D eigenvalue weighted by molar-refractivity contribution is 5.57. The van der Waals surface area contributed by atoms with Crippen molar-refractivity contribution < 1.29 is 4.74 Å². The van der Waals surface area contributed by atoms with Crippen LogP contribution in [0, 0.1) is 0 Å². The number of ether oxygens (including phenoxy) is 1. The zero-order chi connectivity index (χ0) is 10.5. The first-order valence-electron chi connectivity index (χ1n) is 4.99. The van der Waals surface area contributed by atoms with Gasteiger partial charge in [0.05, 0.1) is 19.4 Å². The maximum atomic E-state index is 5.58. The van der Waals surface area contributed by atoms with Gasteiger partial charge in [0.25, 0.3) is 0 Å². The third-order valence-electron chi connectivity index (χ3n) is 2.15. The van der Waals surface area contributed by atoms with Gasteiger partial charge in [-0.25, -0.2) is 0 Å². The van der Waals surface area contributed by atoms with Crippen LogP contribution < -0.4 is 4.74 Å². The Morgan fingerprint density at radius 3 is 2.87 bits per heavy atom. The van der Waals surface area contributed by atoms with Crippen LogP contribution in [-0.2, 0) is 0 Å². The number of rotatable bonds is 4. The largest absolute Gasteiger partial charge is 0.460 e. The van der Waals surface area contributed by atoms with E-state index in [1.54, 1.807) is 0 Å². The number of aliphatic imine (C=N–C) groups is 1. The van der Waals surface area contributed by atoms with Gasteiger partial charge < -0.3 is 9.64 Å². The van der Waals surface area contributed by atoms with Gasteiger partial charge in [0.1, 0.15) is 11.5 Å². The summed E-state index contributed by atoms with van der Waals surface area (Å²) < 4.78 is 5.58. The van der Waals surface area contributed by atoms with Crippen molar-refractivity contribution in [1.29, 1.82) is 0 Å². The molecule has 0 spiro atoms. The summed E-state index contributed by atoms with van der Waals surface area (Å²) in [5.74, 6) is 1.58. The zero-order valence-corrected chi connectivity index (χ0v) is 8.60. The Morgan fingerprint density at radius 2 is 2.20 bits per heavy atom. The summed E-state index contributed by atoms with van der Waals surface area (Å²) in [5.41, 5.74) is 0. The van der Waals surface area contributed by atoms with E-state index in [1.807, 2.05) is 36.7 Å². The van der Waals surface area contributed by atoms with Crippen LogP contribution in [0.25, 0.3) is 0 Å². The Bertz CT molecular complexity index is 359. The second-order valence-electron chi connectivity index (χ2n) is 3.45. The van der Waals surface area contributed by atoms with Crippen LogP contribution in [0.3, 0.4) is 0 Å². The van der Waals surface area contributed by atoms with Crippen LogP contribution in [0.4, 0.5) is 0 Å². The molecule has 0 radical (unpaired) electrons. The Labute approximate surface area is 89.7 Å². The van der Waals surface area contributed by atoms with E-state index in [4.69, 9.17) is 4.74 Å². The van der Waals surface area contributed by atoms with Gasteiger partial charge in [0, 0.05) is 6.54 Å². The van der Waals surface area contributed by atoms with E-state index in [-0.39, 0.29) is 0 Å². The first-order valence-corrected chi connectivity index (χ1v) is 4.99. The minimum absolute atomic E-state index is 0.707. The van der Waals surface area contributed by atoms with Crippen molar-refractivity contribution in [3.63, 3.8) is 0 Å². The maximum absolute atomic E-state index is 5.58. The number of benzene rings is 1. The van der Waals surface area contributed by atoms with E-state index in [9.17, 15) is 0 Å². The van der Waals surface area contributed by atoms with Crippen LogP contribution in [0.1, 0.15) is 0 Å². The SMILES string of the molecule is C=C(CN1C=NCC1)Oc1ccccc1. The Kier molecular flexibility index (Phi) is 3.02. The molecule has 15 heavy (non-hydrogen) atoms. The number of hydrogen-bond acceptors (Lipinski definition) is 3. The number of para-hydroxylation sites is 1. The fraction of sp³-hybridized carbons (Fsp3) is 0.250. The van der Waals surface area contributed by atoms with E-state index >= 15 is 0 Å². The van der Waals surface area contributed by atoms with Crippen molar-refractivity contribution in [3.05, 3.63) is 42.7 Å². The fourth-order valence-corrected chi connectivity index (χ4v) is 1.45. The molecule has 0 N–H and O–H groups in total. The normalized spacial score (nSPS) is 14.3. The average molecular weight is 202 g/mol. The summed E-state index contributed by atoms with van der Waals surface area (Å²) in [6.45, 7) is 6.42. The van der Waals surface area contributed by atoms with Gasteiger partial charge >= 0.3 is 0 Å². The lowest BCUT2D eigenvalue weighted by Gasteiger charge is -2.15. The van der Waals surface area contributed by atoms with Gasteiger partial charge in [-0.05, 0) is 12.1 Å². The van der Waals surface area contributed by atoms with Gasteiger partial charge in [-0.3, -0.25) is 4.99 Å². The van der Waals surface area contributed by atoms with E-state index < -0.39 is 0 Å².